The summed E-state index contributed by atoms with van der Waals surface area (Å²) in [5, 5.41) is 29.3. The first-order valence-electron chi connectivity index (χ1n) is 9.54. The van der Waals surface area contributed by atoms with E-state index in [2.05, 4.69) is 15.6 Å². The van der Waals surface area contributed by atoms with Gasteiger partial charge in [-0.1, -0.05) is 18.2 Å². The molecule has 0 fully saturated rings. The molecular formula is C21H19N5O5. The number of fused-ring (bicyclic) bond motifs is 1. The van der Waals surface area contributed by atoms with Crippen LogP contribution in [0.1, 0.15) is 33.7 Å². The number of benzene rings is 2. The lowest BCUT2D eigenvalue weighted by Gasteiger charge is -2.05. The zero-order chi connectivity index (χ0) is 22.0. The molecule has 158 valence electrons. The highest BCUT2D eigenvalue weighted by atomic mass is 16.6. The number of aromatic hydroxyl groups is 1. The Labute approximate surface area is 176 Å². The number of amides is 1. The van der Waals surface area contributed by atoms with Crippen molar-refractivity contribution in [2.45, 2.75) is 19.3 Å². The van der Waals surface area contributed by atoms with Crippen molar-refractivity contribution in [3.8, 4) is 17.2 Å². The first-order chi connectivity index (χ1) is 15.0. The van der Waals surface area contributed by atoms with Crippen molar-refractivity contribution >= 4 is 17.8 Å². The Bertz CT molecular complexity index is 1190. The molecule has 0 unspecified atom stereocenters. The molecule has 0 radical (unpaired) electrons. The van der Waals surface area contributed by atoms with Gasteiger partial charge in [-0.05, 0) is 37.5 Å². The second-order valence-electron chi connectivity index (χ2n) is 6.92. The molecule has 0 saturated carbocycles. The number of hydrogen-bond donors (Lipinski definition) is 2. The number of methoxy groups -OCH3 is 1. The van der Waals surface area contributed by atoms with Crippen molar-refractivity contribution in [1.82, 2.24) is 15.2 Å². The van der Waals surface area contributed by atoms with Crippen LogP contribution >= 0.6 is 0 Å². The van der Waals surface area contributed by atoms with Gasteiger partial charge in [-0.25, -0.2) is 10.1 Å². The predicted molar refractivity (Wildman–Crippen MR) is 112 cm³/mol. The maximum Gasteiger partial charge on any atom is 0.315 e. The lowest BCUT2D eigenvalue weighted by molar-refractivity contribution is -0.386. The predicted octanol–water partition coefficient (Wildman–Crippen LogP) is 2.75. The van der Waals surface area contributed by atoms with E-state index in [0.29, 0.717) is 5.69 Å². The number of rotatable bonds is 6. The number of phenolic OH excluding ortho intramolecular Hbond substituents is 1. The molecule has 2 N–H and O–H groups in total. The van der Waals surface area contributed by atoms with E-state index in [1.54, 1.807) is 4.68 Å². The van der Waals surface area contributed by atoms with Gasteiger partial charge in [-0.2, -0.15) is 10.2 Å². The fourth-order valence-electron chi connectivity index (χ4n) is 3.60. The van der Waals surface area contributed by atoms with Crippen molar-refractivity contribution < 1.29 is 19.6 Å². The second kappa shape index (κ2) is 8.27. The van der Waals surface area contributed by atoms with Crippen LogP contribution in [-0.4, -0.2) is 39.0 Å². The monoisotopic (exact) mass is 421 g/mol. The van der Waals surface area contributed by atoms with E-state index in [1.807, 2.05) is 30.3 Å². The van der Waals surface area contributed by atoms with Gasteiger partial charge in [0.05, 0.1) is 23.9 Å². The normalized spacial score (nSPS) is 12.7. The van der Waals surface area contributed by atoms with Crippen LogP contribution in [0.3, 0.4) is 0 Å². The van der Waals surface area contributed by atoms with Gasteiger partial charge in [-0.3, -0.25) is 14.9 Å². The van der Waals surface area contributed by atoms with Crippen molar-refractivity contribution in [3.05, 3.63) is 75.1 Å². The number of carbonyl (C=O) groups is 1. The van der Waals surface area contributed by atoms with Gasteiger partial charge < -0.3 is 9.84 Å². The molecule has 3 aromatic rings. The van der Waals surface area contributed by atoms with Crippen LogP contribution < -0.4 is 10.2 Å². The minimum atomic E-state index is -0.729. The van der Waals surface area contributed by atoms with Crippen molar-refractivity contribution in [2.75, 3.05) is 7.11 Å². The molecule has 31 heavy (non-hydrogen) atoms. The van der Waals surface area contributed by atoms with Gasteiger partial charge in [0.1, 0.15) is 0 Å². The van der Waals surface area contributed by atoms with Gasteiger partial charge in [0.25, 0.3) is 5.91 Å². The van der Waals surface area contributed by atoms with Crippen LogP contribution in [0.2, 0.25) is 0 Å². The fraction of sp³-hybridized carbons (Fsp3) is 0.190. The van der Waals surface area contributed by atoms with Crippen LogP contribution in [0.5, 0.6) is 11.5 Å². The van der Waals surface area contributed by atoms with E-state index in [9.17, 15) is 20.0 Å². The van der Waals surface area contributed by atoms with Crippen LogP contribution in [-0.2, 0) is 12.8 Å². The zero-order valence-corrected chi connectivity index (χ0v) is 16.6. The maximum atomic E-state index is 12.7. The van der Waals surface area contributed by atoms with Gasteiger partial charge in [0, 0.05) is 22.9 Å². The third-order valence-corrected chi connectivity index (χ3v) is 5.02. The molecule has 10 nitrogen and oxygen atoms in total. The number of nitrogens with one attached hydrogen (secondary N) is 1. The summed E-state index contributed by atoms with van der Waals surface area (Å²) in [7, 11) is 1.28. The first-order valence-corrected chi connectivity index (χ1v) is 9.54. The van der Waals surface area contributed by atoms with Crippen LogP contribution in [0.25, 0.3) is 5.69 Å². The number of phenols is 1. The Morgan fingerprint density at radius 3 is 2.81 bits per heavy atom. The molecule has 10 heteroatoms. The van der Waals surface area contributed by atoms with Gasteiger partial charge in [0.2, 0.25) is 5.75 Å². The number of aromatic nitrogens is 2. The number of hydrazone groups is 1. The quantitative estimate of drug-likeness (QED) is 0.357. The standard InChI is InChI=1S/C21H19N5O5/c1-31-18-11-13(10-17(20(18)27)26(29)30)12-22-23-21(28)19-15-8-5-9-16(15)25(24-19)14-6-3-2-4-7-14/h2-4,6-7,10-12,27H,5,8-9H2,1H3,(H,23,28)/b22-12+. The summed E-state index contributed by atoms with van der Waals surface area (Å²) in [5.41, 5.74) is 5.29. The summed E-state index contributed by atoms with van der Waals surface area (Å²) >= 11 is 0. The fourth-order valence-corrected chi connectivity index (χ4v) is 3.60. The smallest absolute Gasteiger partial charge is 0.315 e. The number of carbonyl (C=O) groups excluding carboxylic acids is 1. The molecule has 2 aromatic carbocycles. The number of ether oxygens (including phenoxy) is 1. The molecule has 1 aromatic heterocycles. The van der Waals surface area contributed by atoms with Gasteiger partial charge in [0.15, 0.2) is 11.4 Å². The number of nitro benzene ring substituents is 1. The molecular weight excluding hydrogens is 402 g/mol. The highest BCUT2D eigenvalue weighted by molar-refractivity contribution is 5.95. The van der Waals surface area contributed by atoms with E-state index < -0.39 is 22.3 Å². The summed E-state index contributed by atoms with van der Waals surface area (Å²) in [6, 6.07) is 12.1. The highest BCUT2D eigenvalue weighted by Gasteiger charge is 2.27. The minimum absolute atomic E-state index is 0.0681. The van der Waals surface area contributed by atoms with Crippen LogP contribution in [0.4, 0.5) is 5.69 Å². The lowest BCUT2D eigenvalue weighted by Crippen LogP contribution is -2.20. The molecule has 0 aliphatic heterocycles. The van der Waals surface area contributed by atoms with E-state index in [1.165, 1.54) is 19.4 Å². The van der Waals surface area contributed by atoms with Crippen molar-refractivity contribution in [2.24, 2.45) is 5.10 Å². The lowest BCUT2D eigenvalue weighted by atomic mass is 10.2. The van der Waals surface area contributed by atoms with Gasteiger partial charge >= 0.3 is 5.69 Å². The van der Waals surface area contributed by atoms with E-state index >= 15 is 0 Å². The molecule has 0 spiro atoms. The molecule has 0 bridgehead atoms. The Morgan fingerprint density at radius 2 is 2.10 bits per heavy atom. The summed E-state index contributed by atoms with van der Waals surface area (Å²) < 4.78 is 6.74. The van der Waals surface area contributed by atoms with Crippen molar-refractivity contribution in [3.63, 3.8) is 0 Å². The third kappa shape index (κ3) is 3.82. The average molecular weight is 421 g/mol. The summed E-state index contributed by atoms with van der Waals surface area (Å²) in [4.78, 5) is 23.1. The number of para-hydroxylation sites is 1. The van der Waals surface area contributed by atoms with E-state index in [0.717, 1.165) is 42.3 Å². The maximum absolute atomic E-state index is 12.7. The number of nitrogens with zero attached hydrogens (tertiary/aromatic N) is 4. The minimum Gasteiger partial charge on any atom is -0.500 e. The van der Waals surface area contributed by atoms with E-state index in [-0.39, 0.29) is 11.3 Å². The van der Waals surface area contributed by atoms with Crippen LogP contribution in [0, 0.1) is 10.1 Å². The van der Waals surface area contributed by atoms with E-state index in [4.69, 9.17) is 4.74 Å². The largest absolute Gasteiger partial charge is 0.500 e. The summed E-state index contributed by atoms with van der Waals surface area (Å²) in [5.74, 6) is -1.11. The second-order valence-corrected chi connectivity index (χ2v) is 6.92. The molecule has 0 saturated heterocycles. The SMILES string of the molecule is COc1cc(/C=N/NC(=O)c2nn(-c3ccccc3)c3c2CCC3)cc([N+](=O)[O-])c1O. The number of nitro groups is 1. The number of hydrogen-bond acceptors (Lipinski definition) is 7. The summed E-state index contributed by atoms with van der Waals surface area (Å²) in [6.45, 7) is 0. The van der Waals surface area contributed by atoms with Gasteiger partial charge in [-0.15, -0.1) is 0 Å². The zero-order valence-electron chi connectivity index (χ0n) is 16.6. The molecule has 0 atom stereocenters. The molecule has 1 heterocycles. The van der Waals surface area contributed by atoms with Crippen LogP contribution in [0.15, 0.2) is 47.6 Å². The molecule has 1 aliphatic rings. The average Bonchev–Trinajstić information content (AvgIpc) is 3.38. The highest BCUT2D eigenvalue weighted by Crippen LogP contribution is 2.36. The Balaban J connectivity index is 1.57. The topological polar surface area (TPSA) is 132 Å². The van der Waals surface area contributed by atoms with Crippen molar-refractivity contribution in [1.29, 1.82) is 0 Å². The molecule has 4 rings (SSSR count). The Hall–Kier alpha value is -4.21. The molecule has 1 amide bonds. The summed E-state index contributed by atoms with van der Waals surface area (Å²) in [6.07, 6.45) is 3.78. The Morgan fingerprint density at radius 1 is 1.32 bits per heavy atom. The third-order valence-electron chi connectivity index (χ3n) is 5.02. The molecule has 1 aliphatic carbocycles. The first kappa shape index (κ1) is 20.1. The Kier molecular flexibility index (Phi) is 5.35.